The normalized spacial score (nSPS) is 22.1. The predicted molar refractivity (Wildman–Crippen MR) is 83.0 cm³/mol. The molecule has 2 atom stereocenters. The maximum Gasteiger partial charge on any atom is 0.340 e. The third-order valence-corrected chi connectivity index (χ3v) is 4.29. The molecule has 21 heavy (non-hydrogen) atoms. The van der Waals surface area contributed by atoms with Gasteiger partial charge in [0.1, 0.15) is 11.3 Å². The minimum absolute atomic E-state index is 0.132. The lowest BCUT2D eigenvalue weighted by atomic mass is 9.88. The van der Waals surface area contributed by atoms with E-state index in [1.165, 1.54) is 6.42 Å². The van der Waals surface area contributed by atoms with Gasteiger partial charge in [-0.3, -0.25) is 0 Å². The molecule has 0 aliphatic heterocycles. The zero-order valence-electron chi connectivity index (χ0n) is 12.2. The van der Waals surface area contributed by atoms with Crippen molar-refractivity contribution in [1.29, 1.82) is 0 Å². The summed E-state index contributed by atoms with van der Waals surface area (Å²) in [5.74, 6) is 0.225. The monoisotopic (exact) mass is 284 g/mol. The van der Waals surface area contributed by atoms with Crippen LogP contribution in [0.3, 0.4) is 0 Å². The first-order chi connectivity index (χ1) is 10.1. The molecule has 1 aliphatic carbocycles. The largest absolute Gasteiger partial charge is 0.489 e. The van der Waals surface area contributed by atoms with Gasteiger partial charge in [0.15, 0.2) is 0 Å². The van der Waals surface area contributed by atoms with Crippen molar-refractivity contribution >= 4 is 16.7 Å². The van der Waals surface area contributed by atoms with E-state index in [1.807, 2.05) is 30.3 Å². The van der Waals surface area contributed by atoms with Crippen molar-refractivity contribution in [1.82, 2.24) is 0 Å². The number of hydrogen-bond donors (Lipinski definition) is 1. The van der Waals surface area contributed by atoms with E-state index in [-0.39, 0.29) is 11.7 Å². The molecule has 1 aliphatic rings. The SMILES string of the molecule is CC1CCCC(Oc2ccc3ccccc3c2C(=O)O)C1. The van der Waals surface area contributed by atoms with Crippen molar-refractivity contribution in [2.75, 3.05) is 0 Å². The van der Waals surface area contributed by atoms with Crippen LogP contribution in [0.1, 0.15) is 43.0 Å². The predicted octanol–water partition coefficient (Wildman–Crippen LogP) is 4.50. The van der Waals surface area contributed by atoms with Gasteiger partial charge in [-0.2, -0.15) is 0 Å². The molecule has 3 heteroatoms. The molecule has 2 unspecified atom stereocenters. The molecule has 1 fully saturated rings. The second-order valence-corrected chi connectivity index (χ2v) is 5.98. The highest BCUT2D eigenvalue weighted by molar-refractivity contribution is 6.06. The summed E-state index contributed by atoms with van der Waals surface area (Å²) < 4.78 is 6.05. The molecule has 0 amide bonds. The first-order valence-electron chi connectivity index (χ1n) is 7.57. The zero-order chi connectivity index (χ0) is 14.8. The molecular formula is C18H20O3. The van der Waals surface area contributed by atoms with Crippen LogP contribution in [0.5, 0.6) is 5.75 Å². The van der Waals surface area contributed by atoms with E-state index in [4.69, 9.17) is 4.74 Å². The van der Waals surface area contributed by atoms with Crippen LogP contribution in [0, 0.1) is 5.92 Å². The summed E-state index contributed by atoms with van der Waals surface area (Å²) in [6, 6.07) is 11.3. The van der Waals surface area contributed by atoms with Gasteiger partial charge < -0.3 is 9.84 Å². The number of benzene rings is 2. The summed E-state index contributed by atoms with van der Waals surface area (Å²) in [6.07, 6.45) is 4.54. The Morgan fingerprint density at radius 1 is 1.19 bits per heavy atom. The van der Waals surface area contributed by atoms with Crippen LogP contribution in [0.4, 0.5) is 0 Å². The number of hydrogen-bond acceptors (Lipinski definition) is 2. The molecule has 0 spiro atoms. The van der Waals surface area contributed by atoms with Crippen LogP contribution < -0.4 is 4.74 Å². The molecule has 2 aromatic carbocycles. The van der Waals surface area contributed by atoms with Gasteiger partial charge in [-0.1, -0.05) is 43.7 Å². The lowest BCUT2D eigenvalue weighted by Gasteiger charge is -2.28. The molecule has 1 saturated carbocycles. The fourth-order valence-corrected chi connectivity index (χ4v) is 3.24. The van der Waals surface area contributed by atoms with Crippen LogP contribution in [0.25, 0.3) is 10.8 Å². The Kier molecular flexibility index (Phi) is 3.82. The van der Waals surface area contributed by atoms with Crippen LogP contribution in [-0.2, 0) is 0 Å². The lowest BCUT2D eigenvalue weighted by molar-refractivity contribution is 0.0686. The fraction of sp³-hybridized carbons (Fsp3) is 0.389. The Morgan fingerprint density at radius 3 is 2.76 bits per heavy atom. The third-order valence-electron chi connectivity index (χ3n) is 4.29. The molecule has 2 aromatic rings. The Labute approximate surface area is 124 Å². The lowest BCUT2D eigenvalue weighted by Crippen LogP contribution is -2.24. The van der Waals surface area contributed by atoms with Crippen LogP contribution in [-0.4, -0.2) is 17.2 Å². The number of carboxylic acids is 1. The van der Waals surface area contributed by atoms with Gasteiger partial charge in [-0.15, -0.1) is 0 Å². The van der Waals surface area contributed by atoms with E-state index < -0.39 is 5.97 Å². The topological polar surface area (TPSA) is 46.5 Å². The summed E-state index contributed by atoms with van der Waals surface area (Å²) in [5.41, 5.74) is 0.284. The average molecular weight is 284 g/mol. The average Bonchev–Trinajstić information content (AvgIpc) is 2.46. The van der Waals surface area contributed by atoms with Gasteiger partial charge in [0.25, 0.3) is 0 Å². The molecule has 0 bridgehead atoms. The van der Waals surface area contributed by atoms with E-state index in [0.29, 0.717) is 11.7 Å². The van der Waals surface area contributed by atoms with E-state index in [2.05, 4.69) is 6.92 Å². The van der Waals surface area contributed by atoms with Crippen LogP contribution in [0.15, 0.2) is 36.4 Å². The second-order valence-electron chi connectivity index (χ2n) is 5.98. The van der Waals surface area contributed by atoms with Gasteiger partial charge in [0.2, 0.25) is 0 Å². The fourth-order valence-electron chi connectivity index (χ4n) is 3.24. The van der Waals surface area contributed by atoms with Crippen LogP contribution in [0.2, 0.25) is 0 Å². The van der Waals surface area contributed by atoms with E-state index in [0.717, 1.165) is 30.0 Å². The van der Waals surface area contributed by atoms with Crippen molar-refractivity contribution in [2.24, 2.45) is 5.92 Å². The molecule has 0 radical (unpaired) electrons. The van der Waals surface area contributed by atoms with Gasteiger partial charge in [0, 0.05) is 0 Å². The molecule has 0 aromatic heterocycles. The molecule has 3 rings (SSSR count). The Bertz CT molecular complexity index is 663. The first-order valence-corrected chi connectivity index (χ1v) is 7.57. The van der Waals surface area contributed by atoms with Gasteiger partial charge in [-0.05, 0) is 42.0 Å². The molecule has 1 N–H and O–H groups in total. The number of rotatable bonds is 3. The van der Waals surface area contributed by atoms with Crippen molar-refractivity contribution in [3.63, 3.8) is 0 Å². The highest BCUT2D eigenvalue weighted by Gasteiger charge is 2.23. The number of carboxylic acid groups (broad SMARTS) is 1. The molecular weight excluding hydrogens is 264 g/mol. The molecule has 3 nitrogen and oxygen atoms in total. The third kappa shape index (κ3) is 2.87. The molecule has 110 valence electrons. The minimum Gasteiger partial charge on any atom is -0.489 e. The minimum atomic E-state index is -0.925. The first kappa shape index (κ1) is 13.9. The maximum absolute atomic E-state index is 11.7. The van der Waals surface area contributed by atoms with Crippen molar-refractivity contribution in [3.05, 3.63) is 42.0 Å². The highest BCUT2D eigenvalue weighted by Crippen LogP contribution is 2.32. The van der Waals surface area contributed by atoms with E-state index >= 15 is 0 Å². The second kappa shape index (κ2) is 5.76. The Morgan fingerprint density at radius 2 is 2.00 bits per heavy atom. The summed E-state index contributed by atoms with van der Waals surface area (Å²) in [7, 11) is 0. The van der Waals surface area contributed by atoms with Gasteiger partial charge >= 0.3 is 5.97 Å². The summed E-state index contributed by atoms with van der Waals surface area (Å²) in [5, 5.41) is 11.2. The summed E-state index contributed by atoms with van der Waals surface area (Å²) >= 11 is 0. The van der Waals surface area contributed by atoms with Crippen molar-refractivity contribution < 1.29 is 14.6 Å². The maximum atomic E-state index is 11.7. The van der Waals surface area contributed by atoms with E-state index in [9.17, 15) is 9.90 Å². The summed E-state index contributed by atoms with van der Waals surface area (Å²) in [4.78, 5) is 11.7. The Balaban J connectivity index is 1.97. The quantitative estimate of drug-likeness (QED) is 0.903. The number of ether oxygens (including phenoxy) is 1. The standard InChI is InChI=1S/C18H20O3/c1-12-5-4-7-14(11-12)21-16-10-9-13-6-2-3-8-15(13)17(16)18(19)20/h2-3,6,8-10,12,14H,4-5,7,11H2,1H3,(H,19,20). The van der Waals surface area contributed by atoms with Crippen LogP contribution >= 0.6 is 0 Å². The van der Waals surface area contributed by atoms with Crippen molar-refractivity contribution in [3.8, 4) is 5.75 Å². The smallest absolute Gasteiger partial charge is 0.340 e. The van der Waals surface area contributed by atoms with Gasteiger partial charge in [-0.25, -0.2) is 4.79 Å². The number of aromatic carboxylic acids is 1. The number of fused-ring (bicyclic) bond motifs is 1. The summed E-state index contributed by atoms with van der Waals surface area (Å²) in [6.45, 7) is 2.23. The Hall–Kier alpha value is -2.03. The molecule has 0 saturated heterocycles. The van der Waals surface area contributed by atoms with Gasteiger partial charge in [0.05, 0.1) is 6.10 Å². The highest BCUT2D eigenvalue weighted by atomic mass is 16.5. The number of carbonyl (C=O) groups is 1. The molecule has 0 heterocycles. The zero-order valence-corrected chi connectivity index (χ0v) is 12.2. The van der Waals surface area contributed by atoms with E-state index in [1.54, 1.807) is 6.07 Å². The van der Waals surface area contributed by atoms with Crippen molar-refractivity contribution in [2.45, 2.75) is 38.7 Å².